The second kappa shape index (κ2) is 8.45. The van der Waals surface area contributed by atoms with Gasteiger partial charge in [0.15, 0.2) is 5.69 Å². The van der Waals surface area contributed by atoms with Gasteiger partial charge < -0.3 is 15.5 Å². The van der Waals surface area contributed by atoms with Gasteiger partial charge in [-0.2, -0.15) is 0 Å². The third kappa shape index (κ3) is 4.37. The van der Waals surface area contributed by atoms with Crippen LogP contribution in [0.25, 0.3) is 0 Å². The largest absolute Gasteiger partial charge is 0.446 e. The minimum atomic E-state index is -0.300. The van der Waals surface area contributed by atoms with Crippen LogP contribution in [-0.4, -0.2) is 10.9 Å². The summed E-state index contributed by atoms with van der Waals surface area (Å²) in [6, 6.07) is 19.5. The first-order valence-electron chi connectivity index (χ1n) is 8.78. The third-order valence-electron chi connectivity index (χ3n) is 4.30. The van der Waals surface area contributed by atoms with E-state index < -0.39 is 0 Å². The Morgan fingerprint density at radius 1 is 1.12 bits per heavy atom. The van der Waals surface area contributed by atoms with E-state index in [2.05, 4.69) is 22.4 Å². The molecule has 0 saturated carbocycles. The minimum absolute atomic E-state index is 0.161. The molecule has 2 atom stereocenters. The molecule has 3 aromatic rings. The molecule has 5 nitrogen and oxygen atoms in total. The first kappa shape index (κ1) is 17.9. The average Bonchev–Trinajstić information content (AvgIpc) is 3.19. The molecule has 0 aliphatic heterocycles. The van der Waals surface area contributed by atoms with Crippen molar-refractivity contribution in [3.05, 3.63) is 89.6 Å². The van der Waals surface area contributed by atoms with Crippen molar-refractivity contribution in [1.82, 2.24) is 10.3 Å². The molecular formula is C21H23N3O2. The fourth-order valence-electron chi connectivity index (χ4n) is 2.76. The van der Waals surface area contributed by atoms with Gasteiger partial charge in [-0.15, -0.1) is 0 Å². The number of oxazole rings is 1. The molecule has 2 aromatic carbocycles. The Hall–Kier alpha value is -2.92. The zero-order valence-corrected chi connectivity index (χ0v) is 14.8. The van der Waals surface area contributed by atoms with Crippen LogP contribution in [0.3, 0.4) is 0 Å². The van der Waals surface area contributed by atoms with E-state index in [1.54, 1.807) is 0 Å². The predicted molar refractivity (Wildman–Crippen MR) is 101 cm³/mol. The molecule has 134 valence electrons. The van der Waals surface area contributed by atoms with Crippen molar-refractivity contribution in [2.75, 3.05) is 0 Å². The summed E-state index contributed by atoms with van der Waals surface area (Å²) in [5.74, 6) is 0.116. The highest BCUT2D eigenvalue weighted by Gasteiger charge is 2.20. The summed E-state index contributed by atoms with van der Waals surface area (Å²) in [5, 5.41) is 3.07. The molecule has 1 amide bonds. The molecule has 0 saturated heterocycles. The lowest BCUT2D eigenvalue weighted by Gasteiger charge is -2.19. The van der Waals surface area contributed by atoms with Gasteiger partial charge in [-0.05, 0) is 24.0 Å². The number of carbonyl (C=O) groups excluding carboxylic acids is 1. The molecule has 3 rings (SSSR count). The molecule has 26 heavy (non-hydrogen) atoms. The molecule has 1 aromatic heterocycles. The van der Waals surface area contributed by atoms with Gasteiger partial charge in [-0.3, -0.25) is 4.79 Å². The molecule has 0 radical (unpaired) electrons. The number of rotatable bonds is 7. The summed E-state index contributed by atoms with van der Waals surface area (Å²) in [4.78, 5) is 16.9. The lowest BCUT2D eigenvalue weighted by atomic mass is 9.99. The summed E-state index contributed by atoms with van der Waals surface area (Å²) in [7, 11) is 0. The molecule has 0 bridgehead atoms. The number of aromatic nitrogens is 1. The van der Waals surface area contributed by atoms with E-state index in [-0.39, 0.29) is 23.7 Å². The highest BCUT2D eigenvalue weighted by Crippen LogP contribution is 2.20. The van der Waals surface area contributed by atoms with Crippen molar-refractivity contribution in [3.8, 4) is 0 Å². The summed E-state index contributed by atoms with van der Waals surface area (Å²) in [6.45, 7) is 1.94. The van der Waals surface area contributed by atoms with Crippen molar-refractivity contribution in [2.45, 2.75) is 31.8 Å². The van der Waals surface area contributed by atoms with E-state index in [4.69, 9.17) is 10.2 Å². The topological polar surface area (TPSA) is 81.1 Å². The molecule has 0 aliphatic rings. The molecule has 1 heterocycles. The predicted octanol–water partition coefficient (Wildman–Crippen LogP) is 3.80. The van der Waals surface area contributed by atoms with Crippen molar-refractivity contribution < 1.29 is 9.21 Å². The van der Waals surface area contributed by atoms with E-state index in [1.807, 2.05) is 55.5 Å². The van der Waals surface area contributed by atoms with Gasteiger partial charge in [0.1, 0.15) is 6.26 Å². The van der Waals surface area contributed by atoms with Crippen LogP contribution >= 0.6 is 0 Å². The van der Waals surface area contributed by atoms with Gasteiger partial charge in [0.25, 0.3) is 5.91 Å². The summed E-state index contributed by atoms with van der Waals surface area (Å²) in [6.07, 6.45) is 2.75. The first-order chi connectivity index (χ1) is 12.7. The Kier molecular flexibility index (Phi) is 5.81. The number of nitrogens with one attached hydrogen (secondary N) is 1. The van der Waals surface area contributed by atoms with E-state index in [0.29, 0.717) is 18.7 Å². The smallest absolute Gasteiger partial charge is 0.273 e. The average molecular weight is 349 g/mol. The maximum absolute atomic E-state index is 12.7. The van der Waals surface area contributed by atoms with Crippen LogP contribution in [0.5, 0.6) is 0 Å². The highest BCUT2D eigenvalue weighted by molar-refractivity contribution is 5.92. The number of amides is 1. The van der Waals surface area contributed by atoms with Crippen molar-refractivity contribution in [1.29, 1.82) is 0 Å². The Bertz CT molecular complexity index is 831. The SMILES string of the molecule is CCC(N)c1nc(C(=O)NC(Cc2ccccc2)c2ccccc2)co1. The number of benzene rings is 2. The van der Waals surface area contributed by atoms with Crippen LogP contribution in [0.15, 0.2) is 71.3 Å². The normalized spacial score (nSPS) is 13.2. The molecule has 0 aliphatic carbocycles. The summed E-state index contributed by atoms with van der Waals surface area (Å²) < 4.78 is 5.35. The molecule has 3 N–H and O–H groups in total. The van der Waals surface area contributed by atoms with Crippen molar-refractivity contribution in [3.63, 3.8) is 0 Å². The Balaban J connectivity index is 1.79. The number of nitrogens with two attached hydrogens (primary N) is 1. The van der Waals surface area contributed by atoms with Crippen LogP contribution in [0.1, 0.15) is 52.9 Å². The van der Waals surface area contributed by atoms with Crippen LogP contribution in [0, 0.1) is 0 Å². The first-order valence-corrected chi connectivity index (χ1v) is 8.78. The van der Waals surface area contributed by atoms with Crippen molar-refractivity contribution in [2.24, 2.45) is 5.73 Å². The Morgan fingerprint density at radius 3 is 2.42 bits per heavy atom. The maximum Gasteiger partial charge on any atom is 0.273 e. The summed E-state index contributed by atoms with van der Waals surface area (Å²) in [5.41, 5.74) is 8.35. The summed E-state index contributed by atoms with van der Waals surface area (Å²) >= 11 is 0. The second-order valence-electron chi connectivity index (χ2n) is 6.21. The van der Waals surface area contributed by atoms with Gasteiger partial charge in [0.05, 0.1) is 12.1 Å². The lowest BCUT2D eigenvalue weighted by molar-refractivity contribution is 0.0931. The monoisotopic (exact) mass is 349 g/mol. The highest BCUT2D eigenvalue weighted by atomic mass is 16.3. The zero-order valence-electron chi connectivity index (χ0n) is 14.8. The van der Waals surface area contributed by atoms with E-state index in [0.717, 1.165) is 11.1 Å². The van der Waals surface area contributed by atoms with Gasteiger partial charge in [-0.25, -0.2) is 4.98 Å². The van der Waals surface area contributed by atoms with Gasteiger partial charge in [0, 0.05) is 0 Å². The Labute approximate surface area is 153 Å². The quantitative estimate of drug-likeness (QED) is 0.680. The van der Waals surface area contributed by atoms with E-state index in [1.165, 1.54) is 6.26 Å². The van der Waals surface area contributed by atoms with Gasteiger partial charge >= 0.3 is 0 Å². The minimum Gasteiger partial charge on any atom is -0.446 e. The van der Waals surface area contributed by atoms with Gasteiger partial charge in [0.2, 0.25) is 5.89 Å². The van der Waals surface area contributed by atoms with E-state index in [9.17, 15) is 4.79 Å². The number of hydrogen-bond donors (Lipinski definition) is 2. The van der Waals surface area contributed by atoms with Crippen LogP contribution in [0.4, 0.5) is 0 Å². The Morgan fingerprint density at radius 2 is 1.77 bits per heavy atom. The van der Waals surface area contributed by atoms with Crippen LogP contribution in [0.2, 0.25) is 0 Å². The van der Waals surface area contributed by atoms with E-state index >= 15 is 0 Å². The van der Waals surface area contributed by atoms with Crippen LogP contribution < -0.4 is 11.1 Å². The number of carbonyl (C=O) groups is 1. The molecule has 0 spiro atoms. The zero-order chi connectivity index (χ0) is 18.4. The molecular weight excluding hydrogens is 326 g/mol. The molecule has 2 unspecified atom stereocenters. The standard InChI is InChI=1S/C21H23N3O2/c1-2-17(22)21-24-19(14-26-21)20(25)23-18(16-11-7-4-8-12-16)13-15-9-5-3-6-10-15/h3-12,14,17-18H,2,13,22H2,1H3,(H,23,25). The number of nitrogens with zero attached hydrogens (tertiary/aromatic N) is 1. The van der Waals surface area contributed by atoms with Crippen molar-refractivity contribution >= 4 is 5.91 Å². The maximum atomic E-state index is 12.7. The fraction of sp³-hybridized carbons (Fsp3) is 0.238. The fourth-order valence-corrected chi connectivity index (χ4v) is 2.76. The van der Waals surface area contributed by atoms with Gasteiger partial charge in [-0.1, -0.05) is 67.6 Å². The number of hydrogen-bond acceptors (Lipinski definition) is 4. The molecule has 5 heteroatoms. The lowest BCUT2D eigenvalue weighted by Crippen LogP contribution is -2.30. The second-order valence-corrected chi connectivity index (χ2v) is 6.21. The van der Waals surface area contributed by atoms with Crippen LogP contribution in [-0.2, 0) is 6.42 Å². The third-order valence-corrected chi connectivity index (χ3v) is 4.30. The molecule has 0 fully saturated rings.